The zero-order valence-corrected chi connectivity index (χ0v) is 11.7. The third kappa shape index (κ3) is 2.70. The number of anilines is 2. The van der Waals surface area contributed by atoms with Gasteiger partial charge >= 0.3 is 5.97 Å². The van der Waals surface area contributed by atoms with E-state index in [2.05, 4.69) is 23.5 Å². The minimum absolute atomic E-state index is 0.143. The molecule has 1 atom stereocenters. The Hall–Kier alpha value is -2.49. The zero-order chi connectivity index (χ0) is 14.8. The maximum atomic E-state index is 11.2. The Bertz CT molecular complexity index is 682. The lowest BCUT2D eigenvalue weighted by atomic mass is 9.87. The lowest BCUT2D eigenvalue weighted by Crippen LogP contribution is -2.17. The molecule has 2 aromatic carbocycles. The summed E-state index contributed by atoms with van der Waals surface area (Å²) in [4.78, 5) is 11.2. The Morgan fingerprint density at radius 3 is 2.86 bits per heavy atom. The van der Waals surface area contributed by atoms with Crippen LogP contribution in [0.1, 0.15) is 40.4 Å². The van der Waals surface area contributed by atoms with Gasteiger partial charge in [-0.1, -0.05) is 24.3 Å². The van der Waals surface area contributed by atoms with Gasteiger partial charge in [-0.3, -0.25) is 0 Å². The highest BCUT2D eigenvalue weighted by atomic mass is 16.4. The number of nitrogen functional groups attached to an aromatic ring is 1. The van der Waals surface area contributed by atoms with Crippen molar-refractivity contribution in [1.82, 2.24) is 0 Å². The van der Waals surface area contributed by atoms with Crippen LogP contribution in [0.5, 0.6) is 0 Å². The molecule has 0 aromatic heterocycles. The largest absolute Gasteiger partial charge is 0.478 e. The third-order valence-corrected chi connectivity index (χ3v) is 3.99. The molecule has 1 aliphatic carbocycles. The van der Waals surface area contributed by atoms with Gasteiger partial charge in [-0.15, -0.1) is 0 Å². The highest BCUT2D eigenvalue weighted by Crippen LogP contribution is 2.32. The minimum atomic E-state index is -1.000. The number of nitrogens with two attached hydrogens (primary N) is 1. The molecule has 1 aliphatic rings. The molecule has 108 valence electrons. The van der Waals surface area contributed by atoms with Gasteiger partial charge < -0.3 is 16.2 Å². The molecule has 1 unspecified atom stereocenters. The van der Waals surface area contributed by atoms with Crippen LogP contribution in [-0.4, -0.2) is 11.1 Å². The van der Waals surface area contributed by atoms with E-state index in [0.717, 1.165) is 24.9 Å². The molecule has 0 saturated heterocycles. The summed E-state index contributed by atoms with van der Waals surface area (Å²) in [6, 6.07) is 13.7. The number of aryl methyl sites for hydroxylation is 1. The summed E-state index contributed by atoms with van der Waals surface area (Å²) in [6.45, 7) is 0. The van der Waals surface area contributed by atoms with E-state index in [-0.39, 0.29) is 17.3 Å². The number of fused-ring (bicyclic) bond motifs is 1. The van der Waals surface area contributed by atoms with Crippen molar-refractivity contribution in [2.45, 2.75) is 25.3 Å². The number of hydrogen-bond acceptors (Lipinski definition) is 3. The molecule has 0 spiro atoms. The first kappa shape index (κ1) is 13.5. The van der Waals surface area contributed by atoms with Crippen LogP contribution in [0.4, 0.5) is 11.4 Å². The van der Waals surface area contributed by atoms with Crippen LogP contribution in [-0.2, 0) is 6.42 Å². The van der Waals surface area contributed by atoms with Gasteiger partial charge in [0.15, 0.2) is 0 Å². The van der Waals surface area contributed by atoms with E-state index >= 15 is 0 Å². The Balaban J connectivity index is 1.88. The summed E-state index contributed by atoms with van der Waals surface area (Å²) in [5.74, 6) is -1.000. The molecule has 0 saturated carbocycles. The SMILES string of the molecule is Nc1ccc(NC2CCCc3ccccc32)cc1C(=O)O. The van der Waals surface area contributed by atoms with Crippen molar-refractivity contribution in [3.05, 3.63) is 59.2 Å². The molecule has 4 nitrogen and oxygen atoms in total. The summed E-state index contributed by atoms with van der Waals surface area (Å²) >= 11 is 0. The molecule has 3 rings (SSSR count). The number of aromatic carboxylic acids is 1. The molecule has 0 aliphatic heterocycles. The molecular weight excluding hydrogens is 264 g/mol. The maximum Gasteiger partial charge on any atom is 0.337 e. The molecule has 0 radical (unpaired) electrons. The number of rotatable bonds is 3. The second-order valence-electron chi connectivity index (χ2n) is 5.40. The quantitative estimate of drug-likeness (QED) is 0.754. The van der Waals surface area contributed by atoms with Gasteiger partial charge in [-0.25, -0.2) is 4.79 Å². The Morgan fingerprint density at radius 2 is 2.05 bits per heavy atom. The number of carbonyl (C=O) groups is 1. The molecule has 4 heteroatoms. The van der Waals surface area contributed by atoms with Gasteiger partial charge in [0.1, 0.15) is 0 Å². The first-order valence-electron chi connectivity index (χ1n) is 7.12. The smallest absolute Gasteiger partial charge is 0.337 e. The standard InChI is InChI=1S/C17H18N2O2/c18-15-9-8-12(10-14(15)17(20)21)19-16-7-3-5-11-4-1-2-6-13(11)16/h1-2,4,6,8-10,16,19H,3,5,7,18H2,(H,20,21). The fourth-order valence-electron chi connectivity index (χ4n) is 2.94. The van der Waals surface area contributed by atoms with Gasteiger partial charge in [0.2, 0.25) is 0 Å². The molecule has 4 N–H and O–H groups in total. The van der Waals surface area contributed by atoms with Gasteiger partial charge in [0.25, 0.3) is 0 Å². The highest BCUT2D eigenvalue weighted by molar-refractivity contribution is 5.94. The van der Waals surface area contributed by atoms with Crippen molar-refractivity contribution in [3.8, 4) is 0 Å². The van der Waals surface area contributed by atoms with E-state index in [4.69, 9.17) is 10.8 Å². The zero-order valence-electron chi connectivity index (χ0n) is 11.7. The number of carboxylic acids is 1. The summed E-state index contributed by atoms with van der Waals surface area (Å²) in [5, 5.41) is 12.6. The molecule has 0 heterocycles. The van der Waals surface area contributed by atoms with Crippen LogP contribution in [0.2, 0.25) is 0 Å². The Kier molecular flexibility index (Phi) is 3.52. The lowest BCUT2D eigenvalue weighted by molar-refractivity contribution is 0.0698. The molecule has 21 heavy (non-hydrogen) atoms. The van der Waals surface area contributed by atoms with Crippen molar-refractivity contribution in [2.75, 3.05) is 11.1 Å². The molecule has 0 bridgehead atoms. The molecule has 2 aromatic rings. The molecule has 0 amide bonds. The monoisotopic (exact) mass is 282 g/mol. The average molecular weight is 282 g/mol. The number of nitrogens with one attached hydrogen (secondary N) is 1. The first-order chi connectivity index (χ1) is 10.1. The molecular formula is C17H18N2O2. The average Bonchev–Trinajstić information content (AvgIpc) is 2.49. The van der Waals surface area contributed by atoms with E-state index in [1.807, 2.05) is 12.1 Å². The molecule has 0 fully saturated rings. The van der Waals surface area contributed by atoms with Crippen LogP contribution >= 0.6 is 0 Å². The van der Waals surface area contributed by atoms with Crippen molar-refractivity contribution in [1.29, 1.82) is 0 Å². The number of carboxylic acid groups (broad SMARTS) is 1. The van der Waals surface area contributed by atoms with Crippen molar-refractivity contribution < 1.29 is 9.90 Å². The van der Waals surface area contributed by atoms with Crippen LogP contribution in [0.3, 0.4) is 0 Å². The van der Waals surface area contributed by atoms with E-state index < -0.39 is 5.97 Å². The van der Waals surface area contributed by atoms with E-state index in [9.17, 15) is 4.79 Å². The van der Waals surface area contributed by atoms with Crippen molar-refractivity contribution in [2.24, 2.45) is 0 Å². The number of benzene rings is 2. The van der Waals surface area contributed by atoms with Crippen LogP contribution < -0.4 is 11.1 Å². The minimum Gasteiger partial charge on any atom is -0.478 e. The Labute approximate surface area is 123 Å². The fraction of sp³-hybridized carbons (Fsp3) is 0.235. The van der Waals surface area contributed by atoms with E-state index in [1.165, 1.54) is 11.1 Å². The maximum absolute atomic E-state index is 11.2. The van der Waals surface area contributed by atoms with E-state index in [1.54, 1.807) is 12.1 Å². The van der Waals surface area contributed by atoms with Crippen LogP contribution in [0, 0.1) is 0 Å². The van der Waals surface area contributed by atoms with Gasteiger partial charge in [-0.2, -0.15) is 0 Å². The summed E-state index contributed by atoms with van der Waals surface area (Å²) < 4.78 is 0. The van der Waals surface area contributed by atoms with Crippen molar-refractivity contribution >= 4 is 17.3 Å². The summed E-state index contributed by atoms with van der Waals surface area (Å²) in [5.41, 5.74) is 9.59. The van der Waals surface area contributed by atoms with Crippen molar-refractivity contribution in [3.63, 3.8) is 0 Å². The van der Waals surface area contributed by atoms with E-state index in [0.29, 0.717) is 0 Å². The normalized spacial score (nSPS) is 17.0. The first-order valence-corrected chi connectivity index (χ1v) is 7.12. The van der Waals surface area contributed by atoms with Crippen LogP contribution in [0.15, 0.2) is 42.5 Å². The second kappa shape index (κ2) is 5.48. The predicted molar refractivity (Wildman–Crippen MR) is 83.6 cm³/mol. The highest BCUT2D eigenvalue weighted by Gasteiger charge is 2.20. The Morgan fingerprint density at radius 1 is 1.24 bits per heavy atom. The van der Waals surface area contributed by atoms with Gasteiger partial charge in [-0.05, 0) is 48.6 Å². The van der Waals surface area contributed by atoms with Crippen LogP contribution in [0.25, 0.3) is 0 Å². The second-order valence-corrected chi connectivity index (χ2v) is 5.40. The topological polar surface area (TPSA) is 75.3 Å². The summed E-state index contributed by atoms with van der Waals surface area (Å²) in [6.07, 6.45) is 3.29. The fourth-order valence-corrected chi connectivity index (χ4v) is 2.94. The lowest BCUT2D eigenvalue weighted by Gasteiger charge is -2.27. The number of hydrogen-bond donors (Lipinski definition) is 3. The predicted octanol–water partition coefficient (Wildman–Crippen LogP) is 3.46. The summed E-state index contributed by atoms with van der Waals surface area (Å²) in [7, 11) is 0. The van der Waals surface area contributed by atoms with Gasteiger partial charge in [0, 0.05) is 11.4 Å². The van der Waals surface area contributed by atoms with Gasteiger partial charge in [0.05, 0.1) is 11.6 Å². The third-order valence-electron chi connectivity index (χ3n) is 3.99.